The third-order valence-electron chi connectivity index (χ3n) is 3.42. The second-order valence-corrected chi connectivity index (χ2v) is 5.55. The molecule has 0 fully saturated rings. The number of hydrogen-bond donors (Lipinski definition) is 0. The lowest BCUT2D eigenvalue weighted by molar-refractivity contribution is -0.142. The number of para-hydroxylation sites is 1. The Morgan fingerprint density at radius 2 is 1.82 bits per heavy atom. The summed E-state index contributed by atoms with van der Waals surface area (Å²) in [5.74, 6) is -0.876. The van der Waals surface area contributed by atoms with Crippen molar-refractivity contribution >= 4 is 29.2 Å². The fourth-order valence-electron chi connectivity index (χ4n) is 2.31. The number of benzene rings is 1. The number of aryl methyl sites for hydroxylation is 2. The van der Waals surface area contributed by atoms with Crippen molar-refractivity contribution in [1.29, 1.82) is 0 Å². The van der Waals surface area contributed by atoms with Crippen LogP contribution in [-0.2, 0) is 14.3 Å². The molecule has 1 rings (SSSR count). The molecule has 0 heterocycles. The highest BCUT2D eigenvalue weighted by molar-refractivity contribution is 6.29. The van der Waals surface area contributed by atoms with Gasteiger partial charge < -0.3 is 4.74 Å². The first-order valence-electron chi connectivity index (χ1n) is 7.59. The van der Waals surface area contributed by atoms with E-state index in [2.05, 4.69) is 6.92 Å². The Balaban J connectivity index is 2.82. The van der Waals surface area contributed by atoms with E-state index in [0.717, 1.165) is 36.1 Å². The van der Waals surface area contributed by atoms with E-state index in [9.17, 15) is 9.59 Å². The monoisotopic (exact) mass is 325 g/mol. The van der Waals surface area contributed by atoms with Crippen molar-refractivity contribution in [3.05, 3.63) is 29.3 Å². The fourth-order valence-corrected chi connectivity index (χ4v) is 2.45. The molecule has 0 unspecified atom stereocenters. The van der Waals surface area contributed by atoms with E-state index in [1.807, 2.05) is 32.0 Å². The fraction of sp³-hybridized carbons (Fsp3) is 0.529. The van der Waals surface area contributed by atoms with Crippen LogP contribution < -0.4 is 4.90 Å². The minimum Gasteiger partial charge on any atom is -0.464 e. The number of ether oxygens (including phenoxy) is 1. The Labute approximate surface area is 137 Å². The van der Waals surface area contributed by atoms with Crippen molar-refractivity contribution in [3.63, 3.8) is 0 Å². The van der Waals surface area contributed by atoms with Gasteiger partial charge in [0.15, 0.2) is 0 Å². The van der Waals surface area contributed by atoms with E-state index in [4.69, 9.17) is 16.3 Å². The van der Waals surface area contributed by atoms with Crippen LogP contribution in [0.1, 0.15) is 37.3 Å². The summed E-state index contributed by atoms with van der Waals surface area (Å²) in [5, 5.41) is 0. The molecule has 1 aromatic rings. The number of rotatable bonds is 8. The van der Waals surface area contributed by atoms with Crippen molar-refractivity contribution in [1.82, 2.24) is 0 Å². The standard InChI is InChI=1S/C17H24ClNO3/c1-4-5-6-10-22-16(21)12-19(15(20)11-18)17-13(2)8-7-9-14(17)3/h7-9H,4-6,10-12H2,1-3H3. The summed E-state index contributed by atoms with van der Waals surface area (Å²) >= 11 is 5.69. The minimum atomic E-state index is -0.405. The average Bonchev–Trinajstić information content (AvgIpc) is 2.49. The van der Waals surface area contributed by atoms with E-state index >= 15 is 0 Å². The predicted molar refractivity (Wildman–Crippen MR) is 89.5 cm³/mol. The van der Waals surface area contributed by atoms with Gasteiger partial charge in [-0.3, -0.25) is 14.5 Å². The molecule has 0 spiro atoms. The molecule has 0 aliphatic carbocycles. The maximum absolute atomic E-state index is 12.1. The van der Waals surface area contributed by atoms with Gasteiger partial charge in [0.25, 0.3) is 0 Å². The van der Waals surface area contributed by atoms with Crippen LogP contribution in [0.4, 0.5) is 5.69 Å². The molecule has 0 saturated carbocycles. The van der Waals surface area contributed by atoms with E-state index < -0.39 is 5.97 Å². The lowest BCUT2D eigenvalue weighted by atomic mass is 10.1. The number of hydrogen-bond acceptors (Lipinski definition) is 3. The summed E-state index contributed by atoms with van der Waals surface area (Å²) in [5.41, 5.74) is 2.59. The quantitative estimate of drug-likeness (QED) is 0.417. The highest BCUT2D eigenvalue weighted by atomic mass is 35.5. The molecule has 0 aromatic heterocycles. The molecule has 1 amide bonds. The van der Waals surface area contributed by atoms with Gasteiger partial charge in [0, 0.05) is 0 Å². The maximum Gasteiger partial charge on any atom is 0.326 e. The molecule has 22 heavy (non-hydrogen) atoms. The van der Waals surface area contributed by atoms with Gasteiger partial charge in [-0.25, -0.2) is 0 Å². The maximum atomic E-state index is 12.1. The van der Waals surface area contributed by atoms with Gasteiger partial charge in [0.05, 0.1) is 12.3 Å². The zero-order valence-corrected chi connectivity index (χ0v) is 14.3. The molecule has 0 aliphatic rings. The van der Waals surface area contributed by atoms with Crippen LogP contribution in [0.3, 0.4) is 0 Å². The van der Waals surface area contributed by atoms with E-state index in [1.54, 1.807) is 0 Å². The van der Waals surface area contributed by atoms with Crippen LogP contribution in [0.15, 0.2) is 18.2 Å². The number of carbonyl (C=O) groups excluding carboxylic acids is 2. The zero-order valence-electron chi connectivity index (χ0n) is 13.5. The molecule has 0 aliphatic heterocycles. The van der Waals surface area contributed by atoms with E-state index in [-0.39, 0.29) is 18.3 Å². The van der Waals surface area contributed by atoms with Gasteiger partial charge in [0.1, 0.15) is 12.4 Å². The predicted octanol–water partition coefficient (Wildman–Crippen LogP) is 3.61. The third-order valence-corrected chi connectivity index (χ3v) is 3.65. The minimum absolute atomic E-state index is 0.108. The number of amides is 1. The molecular weight excluding hydrogens is 302 g/mol. The molecule has 0 bridgehead atoms. The molecule has 122 valence electrons. The van der Waals surface area contributed by atoms with Gasteiger partial charge in [-0.2, -0.15) is 0 Å². The van der Waals surface area contributed by atoms with E-state index in [0.29, 0.717) is 6.61 Å². The lowest BCUT2D eigenvalue weighted by Gasteiger charge is -2.24. The Morgan fingerprint density at radius 3 is 2.36 bits per heavy atom. The average molecular weight is 326 g/mol. The number of unbranched alkanes of at least 4 members (excludes halogenated alkanes) is 2. The van der Waals surface area contributed by atoms with Crippen molar-refractivity contribution in [2.24, 2.45) is 0 Å². The SMILES string of the molecule is CCCCCOC(=O)CN(C(=O)CCl)c1c(C)cccc1C. The number of esters is 1. The highest BCUT2D eigenvalue weighted by Crippen LogP contribution is 2.25. The van der Waals surface area contributed by atoms with Crippen LogP contribution in [-0.4, -0.2) is 30.9 Å². The molecule has 0 N–H and O–H groups in total. The van der Waals surface area contributed by atoms with Crippen LogP contribution in [0.2, 0.25) is 0 Å². The van der Waals surface area contributed by atoms with Gasteiger partial charge in [-0.15, -0.1) is 11.6 Å². The smallest absolute Gasteiger partial charge is 0.326 e. The van der Waals surface area contributed by atoms with Gasteiger partial charge in [0.2, 0.25) is 5.91 Å². The van der Waals surface area contributed by atoms with Crippen LogP contribution in [0.25, 0.3) is 0 Å². The first-order chi connectivity index (χ1) is 10.5. The second-order valence-electron chi connectivity index (χ2n) is 5.28. The van der Waals surface area contributed by atoms with Crippen LogP contribution in [0, 0.1) is 13.8 Å². The summed E-state index contributed by atoms with van der Waals surface area (Å²) in [6, 6.07) is 5.73. The second kappa shape index (κ2) is 9.46. The number of anilines is 1. The van der Waals surface area contributed by atoms with Crippen molar-refractivity contribution in [3.8, 4) is 0 Å². The molecule has 0 atom stereocenters. The topological polar surface area (TPSA) is 46.6 Å². The summed E-state index contributed by atoms with van der Waals surface area (Å²) in [4.78, 5) is 25.5. The number of nitrogens with zero attached hydrogens (tertiary/aromatic N) is 1. The Bertz CT molecular complexity index is 496. The molecule has 4 nitrogen and oxygen atoms in total. The largest absolute Gasteiger partial charge is 0.464 e. The summed E-state index contributed by atoms with van der Waals surface area (Å²) in [7, 11) is 0. The summed E-state index contributed by atoms with van der Waals surface area (Å²) < 4.78 is 5.19. The normalized spacial score (nSPS) is 10.4. The van der Waals surface area contributed by atoms with Crippen LogP contribution >= 0.6 is 11.6 Å². The molecular formula is C17H24ClNO3. The molecule has 1 aromatic carbocycles. The Hall–Kier alpha value is -1.55. The van der Waals surface area contributed by atoms with Gasteiger partial charge >= 0.3 is 5.97 Å². The van der Waals surface area contributed by atoms with Gasteiger partial charge in [-0.05, 0) is 31.4 Å². The number of carbonyl (C=O) groups is 2. The van der Waals surface area contributed by atoms with Crippen molar-refractivity contribution < 1.29 is 14.3 Å². The van der Waals surface area contributed by atoms with E-state index in [1.165, 1.54) is 4.90 Å². The Morgan fingerprint density at radius 1 is 1.18 bits per heavy atom. The zero-order chi connectivity index (χ0) is 16.5. The number of halogens is 1. The van der Waals surface area contributed by atoms with Gasteiger partial charge in [-0.1, -0.05) is 38.0 Å². The van der Waals surface area contributed by atoms with Crippen LogP contribution in [0.5, 0.6) is 0 Å². The highest BCUT2D eigenvalue weighted by Gasteiger charge is 2.22. The third kappa shape index (κ3) is 5.34. The first-order valence-corrected chi connectivity index (χ1v) is 8.12. The molecule has 5 heteroatoms. The first kappa shape index (κ1) is 18.5. The summed E-state index contributed by atoms with van der Waals surface area (Å²) in [6.45, 7) is 6.18. The number of alkyl halides is 1. The van der Waals surface area contributed by atoms with Crippen molar-refractivity contribution in [2.75, 3.05) is 23.9 Å². The Kier molecular flexibility index (Phi) is 7.96. The lowest BCUT2D eigenvalue weighted by Crippen LogP contribution is -2.38. The van der Waals surface area contributed by atoms with Crippen molar-refractivity contribution in [2.45, 2.75) is 40.0 Å². The molecule has 0 saturated heterocycles. The summed E-state index contributed by atoms with van der Waals surface area (Å²) in [6.07, 6.45) is 2.93. The molecule has 0 radical (unpaired) electrons.